The standard InChI is InChI=1S/C13H10BrClOS/c14-13-5-4-12(17-13)8-11(16)7-9-2-1-3-10(15)6-9/h1-6H,7-8H2. The highest BCUT2D eigenvalue weighted by atomic mass is 79.9. The summed E-state index contributed by atoms with van der Waals surface area (Å²) >= 11 is 10.9. The Morgan fingerprint density at radius 3 is 2.71 bits per heavy atom. The molecule has 0 N–H and O–H groups in total. The Hall–Kier alpha value is -0.640. The number of thiophene rings is 1. The molecule has 1 aromatic carbocycles. The first-order valence-corrected chi connectivity index (χ1v) is 7.12. The van der Waals surface area contributed by atoms with Crippen molar-refractivity contribution in [2.24, 2.45) is 0 Å². The fraction of sp³-hybridized carbons (Fsp3) is 0.154. The first kappa shape index (κ1) is 12.8. The first-order valence-electron chi connectivity index (χ1n) is 5.14. The van der Waals surface area contributed by atoms with Crippen molar-refractivity contribution >= 4 is 44.7 Å². The third kappa shape index (κ3) is 3.95. The Kier molecular flexibility index (Phi) is 4.37. The van der Waals surface area contributed by atoms with Gasteiger partial charge in [-0.05, 0) is 45.8 Å². The minimum absolute atomic E-state index is 0.210. The van der Waals surface area contributed by atoms with E-state index in [0.717, 1.165) is 14.2 Å². The summed E-state index contributed by atoms with van der Waals surface area (Å²) in [5.41, 5.74) is 0.970. The van der Waals surface area contributed by atoms with Crippen LogP contribution in [0.3, 0.4) is 0 Å². The Morgan fingerprint density at radius 1 is 1.24 bits per heavy atom. The zero-order valence-electron chi connectivity index (χ0n) is 8.95. The van der Waals surface area contributed by atoms with Gasteiger partial charge < -0.3 is 0 Å². The van der Waals surface area contributed by atoms with Crippen molar-refractivity contribution in [1.29, 1.82) is 0 Å². The fourth-order valence-corrected chi connectivity index (χ4v) is 3.30. The second-order valence-corrected chi connectivity index (χ2v) is 6.71. The van der Waals surface area contributed by atoms with E-state index in [0.29, 0.717) is 17.9 Å². The number of hydrogen-bond donors (Lipinski definition) is 0. The van der Waals surface area contributed by atoms with E-state index in [1.807, 2.05) is 36.4 Å². The molecule has 0 amide bonds. The molecule has 17 heavy (non-hydrogen) atoms. The Bertz CT molecular complexity index is 536. The summed E-state index contributed by atoms with van der Waals surface area (Å²) in [4.78, 5) is 12.9. The van der Waals surface area contributed by atoms with E-state index >= 15 is 0 Å². The van der Waals surface area contributed by atoms with Crippen LogP contribution in [0.15, 0.2) is 40.2 Å². The van der Waals surface area contributed by atoms with E-state index in [2.05, 4.69) is 15.9 Å². The summed E-state index contributed by atoms with van der Waals surface area (Å²) < 4.78 is 1.06. The van der Waals surface area contributed by atoms with Crippen molar-refractivity contribution in [1.82, 2.24) is 0 Å². The van der Waals surface area contributed by atoms with Crippen molar-refractivity contribution in [3.8, 4) is 0 Å². The zero-order valence-corrected chi connectivity index (χ0v) is 12.1. The lowest BCUT2D eigenvalue weighted by Crippen LogP contribution is -2.05. The topological polar surface area (TPSA) is 17.1 Å². The molecule has 0 aliphatic rings. The molecule has 0 unspecified atom stereocenters. The number of carbonyl (C=O) groups is 1. The van der Waals surface area contributed by atoms with Crippen LogP contribution in [-0.4, -0.2) is 5.78 Å². The van der Waals surface area contributed by atoms with Gasteiger partial charge in [0.1, 0.15) is 5.78 Å². The molecule has 0 aliphatic heterocycles. The van der Waals surface area contributed by atoms with Crippen LogP contribution in [0.2, 0.25) is 5.02 Å². The number of carbonyl (C=O) groups excluding carboxylic acids is 1. The SMILES string of the molecule is O=C(Cc1cccc(Cl)c1)Cc1ccc(Br)s1. The molecule has 1 nitrogen and oxygen atoms in total. The predicted octanol–water partition coefficient (Wildman–Crippen LogP) is 4.52. The average Bonchev–Trinajstić information content (AvgIpc) is 2.63. The van der Waals surface area contributed by atoms with Gasteiger partial charge in [-0.3, -0.25) is 4.79 Å². The third-order valence-electron chi connectivity index (χ3n) is 2.29. The molecule has 0 spiro atoms. The summed E-state index contributed by atoms with van der Waals surface area (Å²) in [5.74, 6) is 0.210. The fourth-order valence-electron chi connectivity index (χ4n) is 1.58. The van der Waals surface area contributed by atoms with E-state index in [4.69, 9.17) is 11.6 Å². The van der Waals surface area contributed by atoms with Gasteiger partial charge >= 0.3 is 0 Å². The van der Waals surface area contributed by atoms with E-state index < -0.39 is 0 Å². The van der Waals surface area contributed by atoms with Crippen molar-refractivity contribution in [3.05, 3.63) is 55.6 Å². The molecule has 0 saturated heterocycles. The second kappa shape index (κ2) is 5.80. The zero-order chi connectivity index (χ0) is 12.3. The monoisotopic (exact) mass is 328 g/mol. The van der Waals surface area contributed by atoms with Gasteiger partial charge in [-0.15, -0.1) is 11.3 Å². The highest BCUT2D eigenvalue weighted by Crippen LogP contribution is 2.23. The van der Waals surface area contributed by atoms with Crippen LogP contribution in [-0.2, 0) is 17.6 Å². The van der Waals surface area contributed by atoms with Crippen LogP contribution in [0.5, 0.6) is 0 Å². The molecular formula is C13H10BrClOS. The van der Waals surface area contributed by atoms with Gasteiger partial charge in [0.2, 0.25) is 0 Å². The highest BCUT2D eigenvalue weighted by Gasteiger charge is 2.07. The molecule has 0 bridgehead atoms. The van der Waals surface area contributed by atoms with Crippen LogP contribution in [0.1, 0.15) is 10.4 Å². The quantitative estimate of drug-likeness (QED) is 0.806. The van der Waals surface area contributed by atoms with E-state index in [1.54, 1.807) is 11.3 Å². The number of benzene rings is 1. The lowest BCUT2D eigenvalue weighted by atomic mass is 10.1. The van der Waals surface area contributed by atoms with Gasteiger partial charge in [-0.25, -0.2) is 0 Å². The lowest BCUT2D eigenvalue weighted by molar-refractivity contribution is -0.117. The smallest absolute Gasteiger partial charge is 0.142 e. The normalized spacial score (nSPS) is 10.5. The van der Waals surface area contributed by atoms with Gasteiger partial charge in [0.05, 0.1) is 3.79 Å². The van der Waals surface area contributed by atoms with Crippen molar-refractivity contribution in [2.75, 3.05) is 0 Å². The van der Waals surface area contributed by atoms with Gasteiger partial charge in [0.15, 0.2) is 0 Å². The van der Waals surface area contributed by atoms with E-state index in [-0.39, 0.29) is 5.78 Å². The van der Waals surface area contributed by atoms with Gasteiger partial charge in [0.25, 0.3) is 0 Å². The maximum atomic E-state index is 11.9. The average molecular weight is 330 g/mol. The number of halogens is 2. The third-order valence-corrected chi connectivity index (χ3v) is 4.15. The van der Waals surface area contributed by atoms with E-state index in [9.17, 15) is 4.79 Å². The van der Waals surface area contributed by atoms with Gasteiger partial charge in [-0.2, -0.15) is 0 Å². The highest BCUT2D eigenvalue weighted by molar-refractivity contribution is 9.11. The molecule has 0 fully saturated rings. The Labute approximate surface area is 118 Å². The predicted molar refractivity (Wildman–Crippen MR) is 75.9 cm³/mol. The van der Waals surface area contributed by atoms with Crippen LogP contribution >= 0.6 is 38.9 Å². The van der Waals surface area contributed by atoms with Crippen molar-refractivity contribution in [3.63, 3.8) is 0 Å². The molecule has 0 atom stereocenters. The van der Waals surface area contributed by atoms with E-state index in [1.165, 1.54) is 0 Å². The molecular weight excluding hydrogens is 320 g/mol. The molecule has 4 heteroatoms. The molecule has 0 saturated carbocycles. The summed E-state index contributed by atoms with van der Waals surface area (Å²) in [6.45, 7) is 0. The molecule has 0 aliphatic carbocycles. The summed E-state index contributed by atoms with van der Waals surface area (Å²) in [7, 11) is 0. The first-order chi connectivity index (χ1) is 8.13. The number of ketones is 1. The number of hydrogen-bond acceptors (Lipinski definition) is 2. The summed E-state index contributed by atoms with van der Waals surface area (Å²) in [6, 6.07) is 11.4. The van der Waals surface area contributed by atoms with Crippen molar-refractivity contribution < 1.29 is 4.79 Å². The van der Waals surface area contributed by atoms with Crippen LogP contribution in [0.4, 0.5) is 0 Å². The Morgan fingerprint density at radius 2 is 2.06 bits per heavy atom. The largest absolute Gasteiger partial charge is 0.299 e. The molecule has 88 valence electrons. The van der Waals surface area contributed by atoms with Crippen LogP contribution in [0, 0.1) is 0 Å². The molecule has 0 radical (unpaired) electrons. The lowest BCUT2D eigenvalue weighted by Gasteiger charge is -2.00. The maximum Gasteiger partial charge on any atom is 0.142 e. The van der Waals surface area contributed by atoms with Gasteiger partial charge in [0, 0.05) is 22.7 Å². The second-order valence-electron chi connectivity index (χ2n) is 3.73. The number of Topliss-reactive ketones (excluding diaryl/α,β-unsaturated/α-hetero) is 1. The summed E-state index contributed by atoms with van der Waals surface area (Å²) in [6.07, 6.45) is 0.929. The van der Waals surface area contributed by atoms with Crippen LogP contribution in [0.25, 0.3) is 0 Å². The van der Waals surface area contributed by atoms with Crippen LogP contribution < -0.4 is 0 Å². The minimum atomic E-state index is 0.210. The van der Waals surface area contributed by atoms with Gasteiger partial charge in [-0.1, -0.05) is 23.7 Å². The maximum absolute atomic E-state index is 11.9. The van der Waals surface area contributed by atoms with Crippen molar-refractivity contribution in [2.45, 2.75) is 12.8 Å². The Balaban J connectivity index is 1.98. The molecule has 2 aromatic rings. The molecule has 1 aromatic heterocycles. The summed E-state index contributed by atoms with van der Waals surface area (Å²) in [5, 5.41) is 0.675. The molecule has 1 heterocycles. The molecule has 2 rings (SSSR count). The minimum Gasteiger partial charge on any atom is -0.299 e. The number of rotatable bonds is 4.